The number of aliphatic carboxylic acids is 2. The second-order valence-corrected chi connectivity index (χ2v) is 7.26. The summed E-state index contributed by atoms with van der Waals surface area (Å²) < 4.78 is 8.14. The lowest BCUT2D eigenvalue weighted by Crippen LogP contribution is -2.13. The van der Waals surface area contributed by atoms with Gasteiger partial charge >= 0.3 is 11.9 Å². The number of benzene rings is 1. The molecule has 0 aliphatic carbocycles. The van der Waals surface area contributed by atoms with Gasteiger partial charge in [-0.05, 0) is 18.6 Å². The first-order valence-electron chi connectivity index (χ1n) is 8.88. The fraction of sp³-hybridized carbons (Fsp3) is 0.421. The maximum absolute atomic E-state index is 9.10. The normalized spacial score (nSPS) is 20.2. The van der Waals surface area contributed by atoms with Gasteiger partial charge < -0.3 is 19.5 Å². The van der Waals surface area contributed by atoms with Gasteiger partial charge in [0.1, 0.15) is 5.60 Å². The molecule has 1 aromatic heterocycles. The zero-order valence-corrected chi connectivity index (χ0v) is 16.9. The number of aromatic nitrogens is 2. The third-order valence-corrected chi connectivity index (χ3v) is 4.98. The van der Waals surface area contributed by atoms with E-state index >= 15 is 0 Å². The van der Waals surface area contributed by atoms with Crippen LogP contribution >= 0.6 is 23.2 Å². The number of rotatable bonds is 7. The van der Waals surface area contributed by atoms with Gasteiger partial charge in [-0.25, -0.2) is 14.6 Å². The van der Waals surface area contributed by atoms with Crippen LogP contribution in [0, 0.1) is 0 Å². The molecule has 2 unspecified atom stereocenters. The van der Waals surface area contributed by atoms with Crippen molar-refractivity contribution in [1.29, 1.82) is 0 Å². The summed E-state index contributed by atoms with van der Waals surface area (Å²) in [6, 6.07) is 5.66. The second kappa shape index (κ2) is 9.91. The third kappa shape index (κ3) is 5.47. The molecule has 152 valence electrons. The van der Waals surface area contributed by atoms with Crippen molar-refractivity contribution in [3.63, 3.8) is 0 Å². The van der Waals surface area contributed by atoms with Crippen LogP contribution in [0.5, 0.6) is 0 Å². The van der Waals surface area contributed by atoms with Crippen molar-refractivity contribution in [1.82, 2.24) is 9.55 Å². The van der Waals surface area contributed by atoms with Crippen LogP contribution in [0.3, 0.4) is 0 Å². The van der Waals surface area contributed by atoms with Crippen molar-refractivity contribution in [2.75, 3.05) is 0 Å². The largest absolute Gasteiger partial charge is 0.473 e. The van der Waals surface area contributed by atoms with E-state index in [1.54, 1.807) is 18.6 Å². The molecule has 2 N–H and O–H groups in total. The number of hydrogen-bond acceptors (Lipinski definition) is 4. The van der Waals surface area contributed by atoms with Gasteiger partial charge in [0.25, 0.3) is 0 Å². The Morgan fingerprint density at radius 3 is 2.46 bits per heavy atom. The molecule has 2 atom stereocenters. The zero-order chi connectivity index (χ0) is 20.7. The Kier molecular flexibility index (Phi) is 7.86. The van der Waals surface area contributed by atoms with E-state index in [-0.39, 0.29) is 11.8 Å². The number of unbranched alkanes of at least 4 members (excludes halogenated alkanes) is 3. The molecule has 2 aromatic rings. The molecule has 0 saturated carbocycles. The molecule has 2 heterocycles. The van der Waals surface area contributed by atoms with Gasteiger partial charge in [0.2, 0.25) is 0 Å². The fourth-order valence-corrected chi connectivity index (χ4v) is 3.60. The van der Waals surface area contributed by atoms with Crippen LogP contribution in [0.4, 0.5) is 0 Å². The Labute approximate surface area is 172 Å². The van der Waals surface area contributed by atoms with Crippen molar-refractivity contribution in [3.05, 3.63) is 52.5 Å². The molecule has 28 heavy (non-hydrogen) atoms. The molecule has 1 aliphatic rings. The molecule has 9 heteroatoms. The highest BCUT2D eigenvalue weighted by molar-refractivity contribution is 6.35. The lowest BCUT2D eigenvalue weighted by atomic mass is 9.91. The first-order valence-corrected chi connectivity index (χ1v) is 9.64. The molecule has 3 rings (SSSR count). The highest BCUT2D eigenvalue weighted by Gasteiger charge is 2.59. The van der Waals surface area contributed by atoms with Crippen LogP contribution in [0.1, 0.15) is 50.8 Å². The van der Waals surface area contributed by atoms with Gasteiger partial charge in [0.05, 0.1) is 6.33 Å². The Morgan fingerprint density at radius 2 is 1.93 bits per heavy atom. The minimum atomic E-state index is -1.82. The molecule has 1 fully saturated rings. The molecule has 0 bridgehead atoms. The van der Waals surface area contributed by atoms with E-state index in [0.717, 1.165) is 18.4 Å². The van der Waals surface area contributed by atoms with Gasteiger partial charge in [0, 0.05) is 28.0 Å². The Morgan fingerprint density at radius 1 is 1.21 bits per heavy atom. The Hall–Kier alpha value is -2.09. The van der Waals surface area contributed by atoms with Crippen LogP contribution in [0.2, 0.25) is 10.0 Å². The lowest BCUT2D eigenvalue weighted by molar-refractivity contribution is -0.159. The standard InChI is InChI=1S/C17H20Cl2N2O.C2H2O4/c1-2-3-4-5-8-17(14-7-6-13(18)11-15(14)19)16(22-17)21-10-9-20-12-21;3-1(4)2(5)6/h6-7,9-12,16H,2-5,8H2,1H3;(H,3,4)(H,5,6). The summed E-state index contributed by atoms with van der Waals surface area (Å²) in [5.41, 5.74) is 0.671. The van der Waals surface area contributed by atoms with Gasteiger partial charge in [0.15, 0.2) is 6.23 Å². The van der Waals surface area contributed by atoms with E-state index in [0.29, 0.717) is 10.0 Å². The number of halogens is 2. The molecular weight excluding hydrogens is 407 g/mol. The van der Waals surface area contributed by atoms with Gasteiger partial charge in [-0.1, -0.05) is 61.9 Å². The molecule has 1 aliphatic heterocycles. The number of imidazole rings is 1. The summed E-state index contributed by atoms with van der Waals surface area (Å²) in [6.07, 6.45) is 11.2. The zero-order valence-electron chi connectivity index (χ0n) is 15.3. The molecule has 0 radical (unpaired) electrons. The van der Waals surface area contributed by atoms with E-state index in [2.05, 4.69) is 11.9 Å². The minimum absolute atomic E-state index is 0.0321. The summed E-state index contributed by atoms with van der Waals surface area (Å²) in [6.45, 7) is 2.22. The maximum atomic E-state index is 9.10. The Bertz CT molecular complexity index is 801. The average Bonchev–Trinajstić information content (AvgIpc) is 3.11. The summed E-state index contributed by atoms with van der Waals surface area (Å²) in [4.78, 5) is 22.3. The number of hydrogen-bond donors (Lipinski definition) is 2. The van der Waals surface area contributed by atoms with E-state index in [4.69, 9.17) is 47.7 Å². The van der Waals surface area contributed by atoms with Crippen LogP contribution in [0.15, 0.2) is 36.9 Å². The van der Waals surface area contributed by atoms with E-state index in [9.17, 15) is 0 Å². The van der Waals surface area contributed by atoms with E-state index in [1.165, 1.54) is 19.3 Å². The first kappa shape index (κ1) is 22.2. The monoisotopic (exact) mass is 428 g/mol. The fourth-order valence-electron chi connectivity index (χ4n) is 3.04. The Balaban J connectivity index is 0.000000409. The van der Waals surface area contributed by atoms with Crippen LogP contribution in [-0.2, 0) is 19.9 Å². The number of carboxylic acid groups (broad SMARTS) is 2. The molecule has 1 aromatic carbocycles. The minimum Gasteiger partial charge on any atom is -0.473 e. The summed E-state index contributed by atoms with van der Waals surface area (Å²) in [7, 11) is 0. The number of nitrogens with zero attached hydrogens (tertiary/aromatic N) is 2. The SMILES string of the molecule is CCCCCCC1(c2ccc(Cl)cc2Cl)OC1n1ccnc1.O=C(O)C(=O)O. The molecule has 0 spiro atoms. The second-order valence-electron chi connectivity index (χ2n) is 6.41. The summed E-state index contributed by atoms with van der Waals surface area (Å²) in [5, 5.41) is 16.1. The quantitative estimate of drug-likeness (QED) is 0.374. The van der Waals surface area contributed by atoms with Gasteiger partial charge in [-0.2, -0.15) is 0 Å². The number of carbonyl (C=O) groups is 2. The van der Waals surface area contributed by atoms with Gasteiger partial charge in [-0.3, -0.25) is 0 Å². The highest BCUT2D eigenvalue weighted by Crippen LogP contribution is 2.58. The van der Waals surface area contributed by atoms with Crippen molar-refractivity contribution in [2.45, 2.75) is 50.9 Å². The van der Waals surface area contributed by atoms with Crippen molar-refractivity contribution < 1.29 is 24.5 Å². The summed E-state index contributed by atoms with van der Waals surface area (Å²) >= 11 is 12.5. The third-order valence-electron chi connectivity index (χ3n) is 4.43. The first-order chi connectivity index (χ1) is 13.3. The molecule has 1 saturated heterocycles. The average molecular weight is 429 g/mol. The predicted octanol–water partition coefficient (Wildman–Crippen LogP) is 4.74. The van der Waals surface area contributed by atoms with Crippen LogP contribution in [0.25, 0.3) is 0 Å². The highest BCUT2D eigenvalue weighted by atomic mass is 35.5. The smallest absolute Gasteiger partial charge is 0.414 e. The van der Waals surface area contributed by atoms with Crippen molar-refractivity contribution in [3.8, 4) is 0 Å². The number of carboxylic acids is 2. The topological polar surface area (TPSA) is 105 Å². The lowest BCUT2D eigenvalue weighted by Gasteiger charge is -2.15. The number of epoxide rings is 1. The number of ether oxygens (including phenoxy) is 1. The van der Waals surface area contributed by atoms with Gasteiger partial charge in [-0.15, -0.1) is 0 Å². The molecule has 0 amide bonds. The molecular formula is C19H22Cl2N2O5. The predicted molar refractivity (Wildman–Crippen MR) is 105 cm³/mol. The van der Waals surface area contributed by atoms with E-state index < -0.39 is 11.9 Å². The van der Waals surface area contributed by atoms with E-state index in [1.807, 2.05) is 22.9 Å². The van der Waals surface area contributed by atoms with Crippen molar-refractivity contribution in [2.24, 2.45) is 0 Å². The molecule has 7 nitrogen and oxygen atoms in total. The summed E-state index contributed by atoms with van der Waals surface area (Å²) in [5.74, 6) is -3.65. The van der Waals surface area contributed by atoms with Crippen LogP contribution < -0.4 is 0 Å². The van der Waals surface area contributed by atoms with Crippen molar-refractivity contribution >= 4 is 35.1 Å². The maximum Gasteiger partial charge on any atom is 0.414 e. The van der Waals surface area contributed by atoms with Crippen LogP contribution in [-0.4, -0.2) is 31.7 Å².